The topological polar surface area (TPSA) is 78.9 Å². The zero-order chi connectivity index (χ0) is 14.8. The van der Waals surface area contributed by atoms with Crippen LogP contribution in [0.15, 0.2) is 17.3 Å². The van der Waals surface area contributed by atoms with Crippen LogP contribution in [0, 0.1) is 6.92 Å². The van der Waals surface area contributed by atoms with E-state index in [1.807, 2.05) is 30.2 Å². The van der Waals surface area contributed by atoms with E-state index in [4.69, 9.17) is 10.9 Å². The lowest BCUT2D eigenvalue weighted by Gasteiger charge is -2.39. The molecule has 1 aromatic rings. The molecule has 20 heavy (non-hydrogen) atoms. The van der Waals surface area contributed by atoms with Crippen LogP contribution in [0.2, 0.25) is 0 Å². The molecular weight excluding hydrogens is 294 g/mol. The number of thiophene rings is 1. The Hall–Kier alpha value is -1.21. The predicted octanol–water partition coefficient (Wildman–Crippen LogP) is 2.14. The van der Waals surface area contributed by atoms with E-state index < -0.39 is 0 Å². The van der Waals surface area contributed by atoms with Crippen molar-refractivity contribution in [1.82, 2.24) is 4.90 Å². The molecule has 7 heteroatoms. The molecule has 1 amide bonds. The summed E-state index contributed by atoms with van der Waals surface area (Å²) in [6.45, 7) is 3.26. The first-order valence-corrected chi connectivity index (χ1v) is 8.45. The first-order chi connectivity index (χ1) is 9.52. The zero-order valence-corrected chi connectivity index (χ0v) is 13.3. The van der Waals surface area contributed by atoms with Crippen LogP contribution in [0.4, 0.5) is 0 Å². The third-order valence-corrected chi connectivity index (χ3v) is 6.16. The number of likely N-dealkylation sites (tertiary alicyclic amines) is 1. The maximum atomic E-state index is 12.4. The van der Waals surface area contributed by atoms with E-state index in [1.165, 1.54) is 11.3 Å². The predicted molar refractivity (Wildman–Crippen MR) is 83.8 cm³/mol. The Balaban J connectivity index is 2.06. The number of hydrogen-bond acceptors (Lipinski definition) is 5. The van der Waals surface area contributed by atoms with Gasteiger partial charge in [0.25, 0.3) is 5.91 Å². The van der Waals surface area contributed by atoms with Gasteiger partial charge in [-0.05, 0) is 38.2 Å². The molecule has 0 radical (unpaired) electrons. The Morgan fingerprint density at radius 1 is 1.50 bits per heavy atom. The lowest BCUT2D eigenvalue weighted by molar-refractivity contribution is 0.0723. The fourth-order valence-electron chi connectivity index (χ4n) is 2.43. The summed E-state index contributed by atoms with van der Waals surface area (Å²) in [5, 5.41) is 12.1. The highest BCUT2D eigenvalue weighted by molar-refractivity contribution is 8.00. The highest BCUT2D eigenvalue weighted by atomic mass is 32.2. The van der Waals surface area contributed by atoms with E-state index in [9.17, 15) is 4.79 Å². The molecule has 0 spiro atoms. The summed E-state index contributed by atoms with van der Waals surface area (Å²) in [6.07, 6.45) is 3.37. The van der Waals surface area contributed by atoms with Gasteiger partial charge in [-0.15, -0.1) is 11.3 Å². The van der Waals surface area contributed by atoms with Crippen LogP contribution in [0.1, 0.15) is 27.4 Å². The average Bonchev–Trinajstić information content (AvgIpc) is 2.92. The van der Waals surface area contributed by atoms with Crippen LogP contribution >= 0.6 is 23.1 Å². The number of oxime groups is 1. The van der Waals surface area contributed by atoms with Crippen LogP contribution in [0.5, 0.6) is 0 Å². The summed E-state index contributed by atoms with van der Waals surface area (Å²) >= 11 is 3.11. The summed E-state index contributed by atoms with van der Waals surface area (Å²) < 4.78 is -0.350. The maximum absolute atomic E-state index is 12.4. The zero-order valence-electron chi connectivity index (χ0n) is 11.6. The number of rotatable bonds is 3. The number of nitrogens with two attached hydrogens (primary N) is 1. The van der Waals surface area contributed by atoms with Gasteiger partial charge < -0.3 is 15.8 Å². The first-order valence-electron chi connectivity index (χ1n) is 6.41. The van der Waals surface area contributed by atoms with Gasteiger partial charge in [-0.2, -0.15) is 11.8 Å². The normalized spacial score (nSPS) is 19.1. The van der Waals surface area contributed by atoms with Gasteiger partial charge in [0.15, 0.2) is 5.84 Å². The van der Waals surface area contributed by atoms with Crippen LogP contribution in [-0.4, -0.2) is 45.9 Å². The molecule has 0 atom stereocenters. The minimum atomic E-state index is -0.350. The van der Waals surface area contributed by atoms with Gasteiger partial charge in [0.05, 0.1) is 9.62 Å². The molecule has 3 N–H and O–H groups in total. The van der Waals surface area contributed by atoms with E-state index in [1.54, 1.807) is 11.8 Å². The standard InChI is InChI=1S/C13H19N3O2S2/c1-9-3-4-10(20-9)11(17)16-7-5-13(19-2,6-8-16)12(14)15-18/h3-4,18H,5-8H2,1-2H3,(H2,14,15). The molecule has 2 heterocycles. The largest absolute Gasteiger partial charge is 0.409 e. The third kappa shape index (κ3) is 2.78. The number of amides is 1. The molecule has 110 valence electrons. The highest BCUT2D eigenvalue weighted by Gasteiger charge is 2.39. The van der Waals surface area contributed by atoms with Gasteiger partial charge in [-0.1, -0.05) is 5.16 Å². The minimum absolute atomic E-state index is 0.0808. The lowest BCUT2D eigenvalue weighted by atomic mass is 9.94. The molecule has 0 bridgehead atoms. The van der Waals surface area contributed by atoms with Crippen LogP contribution < -0.4 is 5.73 Å². The van der Waals surface area contributed by atoms with Crippen LogP contribution in [0.25, 0.3) is 0 Å². The molecular formula is C13H19N3O2S2. The van der Waals surface area contributed by atoms with Crippen molar-refractivity contribution in [2.45, 2.75) is 24.5 Å². The molecule has 5 nitrogen and oxygen atoms in total. The van der Waals surface area contributed by atoms with Crippen LogP contribution in [-0.2, 0) is 0 Å². The van der Waals surface area contributed by atoms with E-state index in [2.05, 4.69) is 5.16 Å². The Morgan fingerprint density at radius 3 is 2.60 bits per heavy atom. The number of aryl methyl sites for hydroxylation is 1. The number of amidine groups is 1. The van der Waals surface area contributed by atoms with Gasteiger partial charge in [-0.3, -0.25) is 4.79 Å². The van der Waals surface area contributed by atoms with Crippen molar-refractivity contribution in [3.05, 3.63) is 21.9 Å². The fourth-order valence-corrected chi connectivity index (χ4v) is 4.11. The molecule has 1 aromatic heterocycles. The van der Waals surface area contributed by atoms with E-state index in [0.717, 1.165) is 9.75 Å². The number of piperidine rings is 1. The van der Waals surface area contributed by atoms with Gasteiger partial charge in [0, 0.05) is 18.0 Å². The van der Waals surface area contributed by atoms with Crippen molar-refractivity contribution < 1.29 is 10.0 Å². The minimum Gasteiger partial charge on any atom is -0.409 e. The smallest absolute Gasteiger partial charge is 0.263 e. The highest BCUT2D eigenvalue weighted by Crippen LogP contribution is 2.35. The van der Waals surface area contributed by atoms with Crippen LogP contribution in [0.3, 0.4) is 0 Å². The third-order valence-electron chi connectivity index (χ3n) is 3.77. The molecule has 1 fully saturated rings. The molecule has 1 saturated heterocycles. The SMILES string of the molecule is CSC1(C(N)=NO)CCN(C(=O)c2ccc(C)s2)CC1. The van der Waals surface area contributed by atoms with Crippen molar-refractivity contribution in [1.29, 1.82) is 0 Å². The van der Waals surface area contributed by atoms with Gasteiger partial charge >= 0.3 is 0 Å². The second-order valence-corrected chi connectivity index (χ2v) is 7.36. The Labute approximate surface area is 126 Å². The van der Waals surface area contributed by atoms with E-state index in [0.29, 0.717) is 25.9 Å². The van der Waals surface area contributed by atoms with Crippen molar-refractivity contribution >= 4 is 34.8 Å². The van der Waals surface area contributed by atoms with E-state index in [-0.39, 0.29) is 16.5 Å². The van der Waals surface area contributed by atoms with Gasteiger partial charge in [0.1, 0.15) is 0 Å². The average molecular weight is 313 g/mol. The van der Waals surface area contributed by atoms with Crippen molar-refractivity contribution in [2.75, 3.05) is 19.3 Å². The van der Waals surface area contributed by atoms with Gasteiger partial charge in [-0.25, -0.2) is 0 Å². The second-order valence-electron chi connectivity index (χ2n) is 4.89. The number of nitrogens with zero attached hydrogens (tertiary/aromatic N) is 2. The van der Waals surface area contributed by atoms with Crippen molar-refractivity contribution in [3.8, 4) is 0 Å². The molecule has 0 aliphatic carbocycles. The first kappa shape index (κ1) is 15.2. The second kappa shape index (κ2) is 6.05. The monoisotopic (exact) mass is 313 g/mol. The Bertz CT molecular complexity index is 519. The molecule has 2 rings (SSSR count). The van der Waals surface area contributed by atoms with E-state index >= 15 is 0 Å². The number of hydrogen-bond donors (Lipinski definition) is 2. The Morgan fingerprint density at radius 2 is 2.15 bits per heavy atom. The lowest BCUT2D eigenvalue weighted by Crippen LogP contribution is -2.51. The van der Waals surface area contributed by atoms with Crippen molar-refractivity contribution in [3.63, 3.8) is 0 Å². The summed E-state index contributed by atoms with van der Waals surface area (Å²) in [7, 11) is 0. The molecule has 0 saturated carbocycles. The number of carbonyl (C=O) groups excluding carboxylic acids is 1. The summed E-state index contributed by atoms with van der Waals surface area (Å²) in [4.78, 5) is 16.1. The quantitative estimate of drug-likeness (QED) is 0.388. The molecule has 1 aliphatic rings. The Kier molecular flexibility index (Phi) is 4.59. The number of carbonyl (C=O) groups is 1. The van der Waals surface area contributed by atoms with Gasteiger partial charge in [0.2, 0.25) is 0 Å². The summed E-state index contributed by atoms with van der Waals surface area (Å²) in [5.41, 5.74) is 5.81. The molecule has 1 aliphatic heterocycles. The summed E-state index contributed by atoms with van der Waals surface area (Å²) in [6, 6.07) is 3.84. The van der Waals surface area contributed by atoms with Crippen molar-refractivity contribution in [2.24, 2.45) is 10.9 Å². The molecule has 0 unspecified atom stereocenters. The molecule has 0 aromatic carbocycles. The fraction of sp³-hybridized carbons (Fsp3) is 0.538. The maximum Gasteiger partial charge on any atom is 0.263 e. The summed E-state index contributed by atoms with van der Waals surface area (Å²) in [5.74, 6) is 0.335. The number of thioether (sulfide) groups is 1.